The average molecular weight is 272 g/mol. The molecule has 1 aliphatic rings. The number of carbonyl (C=O) groups excluding carboxylic acids is 1. The second-order valence-corrected chi connectivity index (χ2v) is 4.19. The first-order valence-corrected chi connectivity index (χ1v) is 6.16. The Labute approximate surface area is 110 Å². The largest absolute Gasteiger partial charge is 0.486 e. The predicted octanol–water partition coefficient (Wildman–Crippen LogP) is 0.787. The van der Waals surface area contributed by atoms with Crippen LogP contribution in [0.2, 0.25) is 0 Å². The first kappa shape index (κ1) is 13.0. The van der Waals surface area contributed by atoms with Crippen molar-refractivity contribution in [1.82, 2.24) is 5.32 Å². The van der Waals surface area contributed by atoms with E-state index in [-0.39, 0.29) is 18.3 Å². The molecule has 2 N–H and O–H groups in total. The number of amides is 1. The highest BCUT2D eigenvalue weighted by Gasteiger charge is 2.15. The molecular weight excluding hydrogens is 258 g/mol. The molecule has 6 heteroatoms. The van der Waals surface area contributed by atoms with E-state index in [1.807, 2.05) is 0 Å². The summed E-state index contributed by atoms with van der Waals surface area (Å²) in [5.74, 6) is 1.00. The highest BCUT2D eigenvalue weighted by atomic mass is 35.5. The molecule has 0 saturated heterocycles. The number of ether oxygens (including phenoxy) is 2. The number of aliphatic hydroxyl groups is 1. The van der Waals surface area contributed by atoms with Gasteiger partial charge in [-0.1, -0.05) is 0 Å². The van der Waals surface area contributed by atoms with Crippen LogP contribution in [-0.4, -0.2) is 42.8 Å². The number of carbonyl (C=O) groups is 1. The molecule has 1 aliphatic heterocycles. The Kier molecular flexibility index (Phi) is 4.28. The van der Waals surface area contributed by atoms with Gasteiger partial charge in [0, 0.05) is 12.1 Å². The minimum absolute atomic E-state index is 0.0847. The molecule has 0 aliphatic carbocycles. The molecule has 5 nitrogen and oxygen atoms in total. The van der Waals surface area contributed by atoms with Crippen LogP contribution in [-0.2, 0) is 0 Å². The van der Waals surface area contributed by atoms with Gasteiger partial charge in [-0.2, -0.15) is 0 Å². The van der Waals surface area contributed by atoms with Gasteiger partial charge >= 0.3 is 0 Å². The van der Waals surface area contributed by atoms with E-state index >= 15 is 0 Å². The van der Waals surface area contributed by atoms with Gasteiger partial charge in [0.2, 0.25) is 0 Å². The molecule has 98 valence electrons. The maximum atomic E-state index is 11.8. The average Bonchev–Trinajstić information content (AvgIpc) is 2.43. The van der Waals surface area contributed by atoms with E-state index < -0.39 is 6.10 Å². The fourth-order valence-corrected chi connectivity index (χ4v) is 1.66. The summed E-state index contributed by atoms with van der Waals surface area (Å²) in [6, 6.07) is 4.97. The molecule has 0 radical (unpaired) electrons. The second kappa shape index (κ2) is 5.93. The topological polar surface area (TPSA) is 67.8 Å². The van der Waals surface area contributed by atoms with Crippen molar-refractivity contribution in [2.24, 2.45) is 0 Å². The van der Waals surface area contributed by atoms with Crippen LogP contribution in [0.25, 0.3) is 0 Å². The number of benzene rings is 1. The molecule has 0 spiro atoms. The van der Waals surface area contributed by atoms with Gasteiger partial charge in [0.15, 0.2) is 11.5 Å². The van der Waals surface area contributed by atoms with Gasteiger partial charge in [-0.25, -0.2) is 0 Å². The number of nitrogens with one attached hydrogen (secondary N) is 1. The molecule has 1 atom stereocenters. The van der Waals surface area contributed by atoms with Crippen molar-refractivity contribution < 1.29 is 19.4 Å². The van der Waals surface area contributed by atoms with Crippen molar-refractivity contribution in [3.63, 3.8) is 0 Å². The van der Waals surface area contributed by atoms with E-state index in [0.717, 1.165) is 0 Å². The highest BCUT2D eigenvalue weighted by Crippen LogP contribution is 2.30. The number of hydrogen-bond acceptors (Lipinski definition) is 4. The van der Waals surface area contributed by atoms with E-state index in [1.54, 1.807) is 18.2 Å². The van der Waals surface area contributed by atoms with E-state index in [4.69, 9.17) is 21.1 Å². The third kappa shape index (κ3) is 3.05. The highest BCUT2D eigenvalue weighted by molar-refractivity contribution is 6.18. The van der Waals surface area contributed by atoms with Crippen molar-refractivity contribution in [2.45, 2.75) is 6.10 Å². The number of hydrogen-bond donors (Lipinski definition) is 2. The van der Waals surface area contributed by atoms with E-state index in [1.165, 1.54) is 0 Å². The Bertz CT molecular complexity index is 438. The summed E-state index contributed by atoms with van der Waals surface area (Å²) in [6.45, 7) is 1.11. The third-order valence-corrected chi connectivity index (χ3v) is 2.84. The van der Waals surface area contributed by atoms with Gasteiger partial charge in [-0.05, 0) is 18.2 Å². The van der Waals surface area contributed by atoms with Crippen LogP contribution in [0.5, 0.6) is 11.5 Å². The monoisotopic (exact) mass is 271 g/mol. The zero-order chi connectivity index (χ0) is 13.0. The molecular formula is C12H14ClNO4. The van der Waals surface area contributed by atoms with Crippen LogP contribution >= 0.6 is 11.6 Å². The summed E-state index contributed by atoms with van der Waals surface area (Å²) in [6.07, 6.45) is -0.743. The van der Waals surface area contributed by atoms with Crippen LogP contribution in [0.4, 0.5) is 0 Å². The van der Waals surface area contributed by atoms with Crippen molar-refractivity contribution in [2.75, 3.05) is 25.6 Å². The van der Waals surface area contributed by atoms with Gasteiger partial charge in [0.1, 0.15) is 13.2 Å². The summed E-state index contributed by atoms with van der Waals surface area (Å²) in [7, 11) is 0. The van der Waals surface area contributed by atoms with E-state index in [2.05, 4.69) is 5.32 Å². The summed E-state index contributed by atoms with van der Waals surface area (Å²) in [4.78, 5) is 11.8. The second-order valence-electron chi connectivity index (χ2n) is 3.88. The van der Waals surface area contributed by atoms with Gasteiger partial charge < -0.3 is 19.9 Å². The minimum atomic E-state index is -0.743. The summed E-state index contributed by atoms with van der Waals surface area (Å²) >= 11 is 5.44. The first-order chi connectivity index (χ1) is 8.70. The lowest BCUT2D eigenvalue weighted by molar-refractivity contribution is 0.0924. The number of aliphatic hydroxyl groups excluding tert-OH is 1. The standard InChI is InChI=1S/C12H14ClNO4/c13-6-9(15)7-14-12(16)8-1-2-10-11(5-8)18-4-3-17-10/h1-2,5,9,15H,3-4,6-7H2,(H,14,16). The van der Waals surface area contributed by atoms with E-state index in [9.17, 15) is 9.90 Å². The number of halogens is 1. The SMILES string of the molecule is O=C(NCC(O)CCl)c1ccc2c(c1)OCCO2. The molecule has 1 unspecified atom stereocenters. The van der Waals surface area contributed by atoms with Gasteiger partial charge in [-0.3, -0.25) is 4.79 Å². The van der Waals surface area contributed by atoms with Gasteiger partial charge in [-0.15, -0.1) is 11.6 Å². The van der Waals surface area contributed by atoms with Crippen LogP contribution < -0.4 is 14.8 Å². The lowest BCUT2D eigenvalue weighted by atomic mass is 10.2. The zero-order valence-corrected chi connectivity index (χ0v) is 10.4. The normalized spacial score (nSPS) is 15.0. The zero-order valence-electron chi connectivity index (χ0n) is 9.69. The fourth-order valence-electron chi connectivity index (χ4n) is 1.55. The molecule has 0 saturated carbocycles. The van der Waals surface area contributed by atoms with Crippen molar-refractivity contribution in [3.05, 3.63) is 23.8 Å². The maximum absolute atomic E-state index is 11.8. The number of fused-ring (bicyclic) bond motifs is 1. The number of rotatable bonds is 4. The van der Waals surface area contributed by atoms with Gasteiger partial charge in [0.05, 0.1) is 12.0 Å². The lowest BCUT2D eigenvalue weighted by Crippen LogP contribution is -2.33. The van der Waals surface area contributed by atoms with Crippen LogP contribution in [0, 0.1) is 0 Å². The fraction of sp³-hybridized carbons (Fsp3) is 0.417. The van der Waals surface area contributed by atoms with Crippen molar-refractivity contribution in [1.29, 1.82) is 0 Å². The molecule has 1 amide bonds. The Morgan fingerprint density at radius 1 is 1.39 bits per heavy atom. The minimum Gasteiger partial charge on any atom is -0.486 e. The molecule has 0 bridgehead atoms. The molecule has 1 aromatic rings. The third-order valence-electron chi connectivity index (χ3n) is 2.48. The lowest BCUT2D eigenvalue weighted by Gasteiger charge is -2.18. The van der Waals surface area contributed by atoms with Crippen molar-refractivity contribution >= 4 is 17.5 Å². The Morgan fingerprint density at radius 2 is 2.11 bits per heavy atom. The maximum Gasteiger partial charge on any atom is 0.251 e. The smallest absolute Gasteiger partial charge is 0.251 e. The first-order valence-electron chi connectivity index (χ1n) is 5.62. The molecule has 1 aromatic carbocycles. The molecule has 2 rings (SSSR count). The summed E-state index contributed by atoms with van der Waals surface area (Å²) in [5, 5.41) is 11.8. The molecule has 0 fully saturated rings. The molecule has 1 heterocycles. The molecule has 18 heavy (non-hydrogen) atoms. The summed E-state index contributed by atoms with van der Waals surface area (Å²) < 4.78 is 10.7. The quantitative estimate of drug-likeness (QED) is 0.795. The van der Waals surface area contributed by atoms with Gasteiger partial charge in [0.25, 0.3) is 5.91 Å². The summed E-state index contributed by atoms with van der Waals surface area (Å²) in [5.41, 5.74) is 0.459. The van der Waals surface area contributed by atoms with Crippen molar-refractivity contribution in [3.8, 4) is 11.5 Å². The number of alkyl halides is 1. The van der Waals surface area contributed by atoms with Crippen LogP contribution in [0.3, 0.4) is 0 Å². The molecule has 0 aromatic heterocycles. The Hall–Kier alpha value is -1.46. The Balaban J connectivity index is 2.02. The van der Waals surface area contributed by atoms with Crippen LogP contribution in [0.1, 0.15) is 10.4 Å². The van der Waals surface area contributed by atoms with E-state index in [0.29, 0.717) is 30.3 Å². The van der Waals surface area contributed by atoms with Crippen LogP contribution in [0.15, 0.2) is 18.2 Å². The Morgan fingerprint density at radius 3 is 2.83 bits per heavy atom. The predicted molar refractivity (Wildman–Crippen MR) is 66.5 cm³/mol.